The lowest BCUT2D eigenvalue weighted by molar-refractivity contribution is -0.113. The monoisotopic (exact) mass is 252 g/mol. The summed E-state index contributed by atoms with van der Waals surface area (Å²) >= 11 is 5.17. The fourth-order valence-corrected chi connectivity index (χ4v) is 1.89. The van der Waals surface area contributed by atoms with Crippen LogP contribution in [0.15, 0.2) is 24.5 Å². The molecule has 5 nitrogen and oxygen atoms in total. The van der Waals surface area contributed by atoms with Crippen LogP contribution in [0, 0.1) is 0 Å². The van der Waals surface area contributed by atoms with Gasteiger partial charge in [0.2, 0.25) is 11.0 Å². The molecule has 0 unspecified atom stereocenters. The van der Waals surface area contributed by atoms with Crippen molar-refractivity contribution in [3.05, 3.63) is 24.5 Å². The maximum atomic E-state index is 11.1. The number of aromatic nitrogens is 3. The maximum Gasteiger partial charge on any atom is 0.235 e. The summed E-state index contributed by atoms with van der Waals surface area (Å²) in [5.74, 6) is -0.0646. The van der Waals surface area contributed by atoms with Crippen LogP contribution in [0.3, 0.4) is 0 Å². The Labute approximate surface area is 101 Å². The molecule has 0 radical (unpaired) electrons. The van der Waals surface area contributed by atoms with Gasteiger partial charge in [-0.15, -0.1) is 10.2 Å². The van der Waals surface area contributed by atoms with Gasteiger partial charge in [-0.1, -0.05) is 11.3 Å². The zero-order valence-electron chi connectivity index (χ0n) is 8.12. The highest BCUT2D eigenvalue weighted by Crippen LogP contribution is 2.25. The fraction of sp³-hybridized carbons (Fsp3) is 0.111. The SMILES string of the molecule is O=C(CS)Nc1nnc(-c2ccncc2)s1. The summed E-state index contributed by atoms with van der Waals surface area (Å²) in [5, 5.41) is 11.7. The average molecular weight is 252 g/mol. The Bertz CT molecular complexity index is 485. The molecule has 7 heteroatoms. The van der Waals surface area contributed by atoms with Crippen molar-refractivity contribution in [3.63, 3.8) is 0 Å². The molecule has 0 bridgehead atoms. The van der Waals surface area contributed by atoms with Gasteiger partial charge in [-0.2, -0.15) is 12.6 Å². The number of thiol groups is 1. The van der Waals surface area contributed by atoms with Crippen molar-refractivity contribution in [1.29, 1.82) is 0 Å². The predicted octanol–water partition coefficient (Wildman–Crippen LogP) is 1.47. The van der Waals surface area contributed by atoms with E-state index in [9.17, 15) is 4.79 Å². The standard InChI is InChI=1S/C9H8N4OS2/c14-7(5-15)11-9-13-12-8(16-9)6-1-3-10-4-2-6/h1-4,15H,5H2,(H,11,13,14). The number of carbonyl (C=O) groups is 1. The molecule has 1 amide bonds. The first-order chi connectivity index (χ1) is 7.79. The van der Waals surface area contributed by atoms with Crippen LogP contribution in [0.2, 0.25) is 0 Å². The Morgan fingerprint density at radius 3 is 2.81 bits per heavy atom. The molecule has 82 valence electrons. The Kier molecular flexibility index (Phi) is 3.47. The van der Waals surface area contributed by atoms with Crippen LogP contribution >= 0.6 is 24.0 Å². The van der Waals surface area contributed by atoms with Crippen LogP contribution in [-0.4, -0.2) is 26.8 Å². The second kappa shape index (κ2) is 5.04. The minimum atomic E-state index is -0.194. The first-order valence-electron chi connectivity index (χ1n) is 4.44. The van der Waals surface area contributed by atoms with E-state index in [0.717, 1.165) is 10.6 Å². The Morgan fingerprint density at radius 2 is 2.12 bits per heavy atom. The summed E-state index contributed by atoms with van der Waals surface area (Å²) < 4.78 is 0. The van der Waals surface area contributed by atoms with Crippen LogP contribution in [0.25, 0.3) is 10.6 Å². The van der Waals surface area contributed by atoms with Crippen LogP contribution in [-0.2, 0) is 4.79 Å². The van der Waals surface area contributed by atoms with E-state index in [2.05, 4.69) is 33.1 Å². The minimum absolute atomic E-state index is 0.129. The molecule has 0 aliphatic rings. The topological polar surface area (TPSA) is 67.8 Å². The van der Waals surface area contributed by atoms with Crippen LogP contribution in [0.5, 0.6) is 0 Å². The van der Waals surface area contributed by atoms with Crippen LogP contribution in [0.1, 0.15) is 0 Å². The van der Waals surface area contributed by atoms with Gasteiger partial charge in [-0.25, -0.2) is 0 Å². The Hall–Kier alpha value is -1.47. The zero-order valence-corrected chi connectivity index (χ0v) is 9.83. The number of pyridine rings is 1. The second-order valence-corrected chi connectivity index (χ2v) is 4.15. The molecule has 2 heterocycles. The molecule has 0 aliphatic carbocycles. The van der Waals surface area contributed by atoms with Crippen molar-refractivity contribution in [2.75, 3.05) is 11.1 Å². The molecule has 16 heavy (non-hydrogen) atoms. The number of nitrogens with zero attached hydrogens (tertiary/aromatic N) is 3. The van der Waals surface area contributed by atoms with Gasteiger partial charge in [0.25, 0.3) is 0 Å². The molecular formula is C9H8N4OS2. The van der Waals surface area contributed by atoms with Crippen molar-refractivity contribution < 1.29 is 4.79 Å². The number of hydrogen-bond donors (Lipinski definition) is 2. The first-order valence-corrected chi connectivity index (χ1v) is 5.89. The molecule has 0 saturated heterocycles. The molecule has 0 aromatic carbocycles. The highest BCUT2D eigenvalue weighted by molar-refractivity contribution is 7.81. The van der Waals surface area contributed by atoms with Gasteiger partial charge >= 0.3 is 0 Å². The largest absolute Gasteiger partial charge is 0.300 e. The van der Waals surface area contributed by atoms with Gasteiger partial charge in [-0.3, -0.25) is 15.1 Å². The summed E-state index contributed by atoms with van der Waals surface area (Å²) in [6.07, 6.45) is 3.37. The van der Waals surface area contributed by atoms with Crippen molar-refractivity contribution in [2.45, 2.75) is 0 Å². The minimum Gasteiger partial charge on any atom is -0.300 e. The summed E-state index contributed by atoms with van der Waals surface area (Å²) in [6.45, 7) is 0. The van der Waals surface area contributed by atoms with E-state index in [1.54, 1.807) is 12.4 Å². The summed E-state index contributed by atoms with van der Waals surface area (Å²) in [5.41, 5.74) is 0.930. The molecule has 1 N–H and O–H groups in total. The van der Waals surface area contributed by atoms with Crippen molar-refractivity contribution in [3.8, 4) is 10.6 Å². The van der Waals surface area contributed by atoms with E-state index < -0.39 is 0 Å². The van der Waals surface area contributed by atoms with Crippen LogP contribution < -0.4 is 5.32 Å². The van der Waals surface area contributed by atoms with Crippen molar-refractivity contribution in [1.82, 2.24) is 15.2 Å². The average Bonchev–Trinajstić information content (AvgIpc) is 2.78. The lowest BCUT2D eigenvalue weighted by atomic mass is 10.3. The number of rotatable bonds is 3. The molecule has 2 aromatic heterocycles. The van der Waals surface area contributed by atoms with Gasteiger partial charge in [0.05, 0.1) is 5.75 Å². The molecule has 0 spiro atoms. The third-order valence-corrected chi connectivity index (χ3v) is 2.92. The molecule has 2 rings (SSSR count). The van der Waals surface area contributed by atoms with Gasteiger partial charge < -0.3 is 0 Å². The first kappa shape index (κ1) is 11.0. The smallest absolute Gasteiger partial charge is 0.235 e. The molecule has 0 saturated carbocycles. The van der Waals surface area contributed by atoms with E-state index in [1.165, 1.54) is 11.3 Å². The zero-order chi connectivity index (χ0) is 11.4. The Morgan fingerprint density at radius 1 is 1.38 bits per heavy atom. The van der Waals surface area contributed by atoms with Crippen molar-refractivity contribution >= 4 is 35.0 Å². The summed E-state index contributed by atoms with van der Waals surface area (Å²) in [4.78, 5) is 15.0. The molecule has 0 aliphatic heterocycles. The molecular weight excluding hydrogens is 244 g/mol. The van der Waals surface area contributed by atoms with Gasteiger partial charge in [0.15, 0.2) is 0 Å². The van der Waals surface area contributed by atoms with Gasteiger partial charge in [-0.05, 0) is 12.1 Å². The maximum absolute atomic E-state index is 11.1. The second-order valence-electron chi connectivity index (χ2n) is 2.85. The highest BCUT2D eigenvalue weighted by atomic mass is 32.1. The normalized spacial score (nSPS) is 10.1. The lowest BCUT2D eigenvalue weighted by Gasteiger charge is -1.94. The number of nitrogens with one attached hydrogen (secondary N) is 1. The number of amides is 1. The molecule has 0 fully saturated rings. The third-order valence-electron chi connectivity index (χ3n) is 1.74. The summed E-state index contributed by atoms with van der Waals surface area (Å²) in [7, 11) is 0. The van der Waals surface area contributed by atoms with E-state index in [-0.39, 0.29) is 11.7 Å². The van der Waals surface area contributed by atoms with E-state index in [4.69, 9.17) is 0 Å². The highest BCUT2D eigenvalue weighted by Gasteiger charge is 2.08. The van der Waals surface area contributed by atoms with E-state index >= 15 is 0 Å². The number of anilines is 1. The van der Waals surface area contributed by atoms with E-state index in [0.29, 0.717) is 5.13 Å². The quantitative estimate of drug-likeness (QED) is 0.812. The Balaban J connectivity index is 2.17. The summed E-state index contributed by atoms with van der Waals surface area (Å²) in [6, 6.07) is 3.68. The predicted molar refractivity (Wildman–Crippen MR) is 65.6 cm³/mol. The third kappa shape index (κ3) is 2.56. The number of carbonyl (C=O) groups excluding carboxylic acids is 1. The van der Waals surface area contributed by atoms with Crippen LogP contribution in [0.4, 0.5) is 5.13 Å². The van der Waals surface area contributed by atoms with E-state index in [1.807, 2.05) is 12.1 Å². The molecule has 0 atom stereocenters. The lowest BCUT2D eigenvalue weighted by Crippen LogP contribution is -2.12. The fourth-order valence-electron chi connectivity index (χ4n) is 1.04. The number of hydrogen-bond acceptors (Lipinski definition) is 6. The van der Waals surface area contributed by atoms with Gasteiger partial charge in [0, 0.05) is 18.0 Å². The molecule has 2 aromatic rings. The van der Waals surface area contributed by atoms with Gasteiger partial charge in [0.1, 0.15) is 5.01 Å². The van der Waals surface area contributed by atoms with Crippen molar-refractivity contribution in [2.24, 2.45) is 0 Å².